The SMILES string of the molecule is Cc1ccc2c(c1)CCC2N. The predicted octanol–water partition coefficient (Wildman–Crippen LogP) is 1.94. The summed E-state index contributed by atoms with van der Waals surface area (Å²) in [4.78, 5) is 0. The minimum atomic E-state index is 0.297. The van der Waals surface area contributed by atoms with E-state index in [0.29, 0.717) is 6.04 Å². The fourth-order valence-electron chi connectivity index (χ4n) is 1.78. The van der Waals surface area contributed by atoms with Gasteiger partial charge in [0.1, 0.15) is 0 Å². The summed E-state index contributed by atoms with van der Waals surface area (Å²) in [5, 5.41) is 0. The van der Waals surface area contributed by atoms with Gasteiger partial charge in [-0.05, 0) is 30.9 Å². The molecular formula is C10H13N. The Hall–Kier alpha value is -0.820. The van der Waals surface area contributed by atoms with Crippen LogP contribution in [0.4, 0.5) is 0 Å². The van der Waals surface area contributed by atoms with Crippen LogP contribution in [0.15, 0.2) is 18.2 Å². The topological polar surface area (TPSA) is 26.0 Å². The van der Waals surface area contributed by atoms with Gasteiger partial charge in [0.15, 0.2) is 0 Å². The van der Waals surface area contributed by atoms with E-state index in [1.165, 1.54) is 16.7 Å². The Morgan fingerprint density at radius 1 is 1.45 bits per heavy atom. The first-order chi connectivity index (χ1) is 5.27. The summed E-state index contributed by atoms with van der Waals surface area (Å²) in [5.41, 5.74) is 10.1. The Labute approximate surface area is 67.2 Å². The third-order valence-electron chi connectivity index (χ3n) is 2.42. The van der Waals surface area contributed by atoms with Crippen LogP contribution < -0.4 is 5.73 Å². The fraction of sp³-hybridized carbons (Fsp3) is 0.400. The molecule has 0 fully saturated rings. The predicted molar refractivity (Wildman–Crippen MR) is 46.4 cm³/mol. The summed E-state index contributed by atoms with van der Waals surface area (Å²) in [5.74, 6) is 0. The molecule has 1 aliphatic carbocycles. The molecule has 1 aromatic carbocycles. The van der Waals surface area contributed by atoms with Gasteiger partial charge in [-0.25, -0.2) is 0 Å². The zero-order chi connectivity index (χ0) is 7.84. The van der Waals surface area contributed by atoms with Crippen molar-refractivity contribution in [2.45, 2.75) is 25.8 Å². The maximum absolute atomic E-state index is 5.90. The molecule has 1 aromatic rings. The molecule has 1 atom stereocenters. The summed E-state index contributed by atoms with van der Waals surface area (Å²) in [7, 11) is 0. The van der Waals surface area contributed by atoms with Gasteiger partial charge in [-0.15, -0.1) is 0 Å². The van der Waals surface area contributed by atoms with Crippen molar-refractivity contribution >= 4 is 0 Å². The molecule has 0 spiro atoms. The maximum Gasteiger partial charge on any atom is 0.0300 e. The van der Waals surface area contributed by atoms with Crippen LogP contribution in [-0.4, -0.2) is 0 Å². The fourth-order valence-corrected chi connectivity index (χ4v) is 1.78. The summed E-state index contributed by atoms with van der Waals surface area (Å²) in [6.07, 6.45) is 2.29. The maximum atomic E-state index is 5.90. The van der Waals surface area contributed by atoms with Gasteiger partial charge >= 0.3 is 0 Å². The smallest absolute Gasteiger partial charge is 0.0300 e. The normalized spacial score (nSPS) is 21.8. The number of hydrogen-bond acceptors (Lipinski definition) is 1. The first-order valence-corrected chi connectivity index (χ1v) is 4.12. The molecule has 0 amide bonds. The Morgan fingerprint density at radius 3 is 3.09 bits per heavy atom. The largest absolute Gasteiger partial charge is 0.324 e. The molecule has 0 saturated carbocycles. The molecule has 0 radical (unpaired) electrons. The van der Waals surface area contributed by atoms with Crippen molar-refractivity contribution in [3.05, 3.63) is 34.9 Å². The molecule has 0 heterocycles. The highest BCUT2D eigenvalue weighted by Gasteiger charge is 2.17. The van der Waals surface area contributed by atoms with Crippen molar-refractivity contribution in [3.8, 4) is 0 Å². The molecule has 0 aliphatic heterocycles. The van der Waals surface area contributed by atoms with E-state index in [-0.39, 0.29) is 0 Å². The van der Waals surface area contributed by atoms with Gasteiger partial charge in [-0.2, -0.15) is 0 Å². The van der Waals surface area contributed by atoms with Crippen molar-refractivity contribution in [2.75, 3.05) is 0 Å². The first-order valence-electron chi connectivity index (χ1n) is 4.12. The lowest BCUT2D eigenvalue weighted by Crippen LogP contribution is -2.04. The van der Waals surface area contributed by atoms with Gasteiger partial charge in [0, 0.05) is 6.04 Å². The molecule has 1 unspecified atom stereocenters. The highest BCUT2D eigenvalue weighted by molar-refractivity contribution is 5.37. The van der Waals surface area contributed by atoms with Gasteiger partial charge < -0.3 is 5.73 Å². The van der Waals surface area contributed by atoms with E-state index in [2.05, 4.69) is 25.1 Å². The van der Waals surface area contributed by atoms with Crippen LogP contribution in [0.1, 0.15) is 29.2 Å². The molecule has 1 nitrogen and oxygen atoms in total. The standard InChI is InChI=1S/C10H13N/c1-7-2-4-9-8(6-7)3-5-10(9)11/h2,4,6,10H,3,5,11H2,1H3. The van der Waals surface area contributed by atoms with Crippen molar-refractivity contribution < 1.29 is 0 Å². The molecule has 2 N–H and O–H groups in total. The second-order valence-electron chi connectivity index (χ2n) is 3.35. The highest BCUT2D eigenvalue weighted by Crippen LogP contribution is 2.29. The number of aryl methyl sites for hydroxylation is 2. The molecular weight excluding hydrogens is 134 g/mol. The van der Waals surface area contributed by atoms with E-state index in [1.807, 2.05) is 0 Å². The Morgan fingerprint density at radius 2 is 2.27 bits per heavy atom. The summed E-state index contributed by atoms with van der Waals surface area (Å²) in [6, 6.07) is 6.86. The summed E-state index contributed by atoms with van der Waals surface area (Å²) in [6.45, 7) is 2.13. The van der Waals surface area contributed by atoms with Crippen molar-refractivity contribution in [3.63, 3.8) is 0 Å². The van der Waals surface area contributed by atoms with Crippen LogP contribution in [0.2, 0.25) is 0 Å². The quantitative estimate of drug-likeness (QED) is 0.596. The first kappa shape index (κ1) is 6.86. The van der Waals surface area contributed by atoms with Crippen molar-refractivity contribution in [1.29, 1.82) is 0 Å². The van der Waals surface area contributed by atoms with Gasteiger partial charge in [0.2, 0.25) is 0 Å². The van der Waals surface area contributed by atoms with Crippen molar-refractivity contribution in [2.24, 2.45) is 5.73 Å². The van der Waals surface area contributed by atoms with Gasteiger partial charge in [0.05, 0.1) is 0 Å². The lowest BCUT2D eigenvalue weighted by molar-refractivity contribution is 0.713. The average molecular weight is 147 g/mol. The van der Waals surface area contributed by atoms with E-state index < -0.39 is 0 Å². The monoisotopic (exact) mass is 147 g/mol. The van der Waals surface area contributed by atoms with Crippen LogP contribution in [-0.2, 0) is 6.42 Å². The number of rotatable bonds is 0. The average Bonchev–Trinajstić information content (AvgIpc) is 2.32. The second kappa shape index (κ2) is 2.35. The third-order valence-corrected chi connectivity index (χ3v) is 2.42. The number of benzene rings is 1. The van der Waals surface area contributed by atoms with Crippen LogP contribution in [0.25, 0.3) is 0 Å². The molecule has 11 heavy (non-hydrogen) atoms. The van der Waals surface area contributed by atoms with E-state index in [9.17, 15) is 0 Å². The lowest BCUT2D eigenvalue weighted by Gasteiger charge is -2.03. The summed E-state index contributed by atoms with van der Waals surface area (Å²) < 4.78 is 0. The van der Waals surface area contributed by atoms with Gasteiger partial charge in [-0.3, -0.25) is 0 Å². The van der Waals surface area contributed by atoms with Gasteiger partial charge in [-0.1, -0.05) is 23.8 Å². The lowest BCUT2D eigenvalue weighted by atomic mass is 10.1. The molecule has 1 heteroatoms. The van der Waals surface area contributed by atoms with E-state index in [4.69, 9.17) is 5.73 Å². The Kier molecular flexibility index (Phi) is 1.46. The minimum Gasteiger partial charge on any atom is -0.324 e. The Bertz CT molecular complexity index is 278. The zero-order valence-corrected chi connectivity index (χ0v) is 6.80. The molecule has 0 saturated heterocycles. The van der Waals surface area contributed by atoms with Crippen LogP contribution in [0.5, 0.6) is 0 Å². The minimum absolute atomic E-state index is 0.297. The van der Waals surface area contributed by atoms with E-state index >= 15 is 0 Å². The summed E-state index contributed by atoms with van der Waals surface area (Å²) >= 11 is 0. The van der Waals surface area contributed by atoms with Crippen LogP contribution >= 0.6 is 0 Å². The number of hydrogen-bond donors (Lipinski definition) is 1. The van der Waals surface area contributed by atoms with E-state index in [0.717, 1.165) is 12.8 Å². The number of nitrogens with two attached hydrogens (primary N) is 1. The molecule has 0 aromatic heterocycles. The Balaban J connectivity index is 2.50. The molecule has 2 rings (SSSR count). The van der Waals surface area contributed by atoms with Crippen LogP contribution in [0.3, 0.4) is 0 Å². The van der Waals surface area contributed by atoms with E-state index in [1.54, 1.807) is 0 Å². The van der Waals surface area contributed by atoms with Gasteiger partial charge in [0.25, 0.3) is 0 Å². The van der Waals surface area contributed by atoms with Crippen LogP contribution in [0, 0.1) is 6.92 Å². The molecule has 0 bridgehead atoms. The molecule has 1 aliphatic rings. The third kappa shape index (κ3) is 1.05. The highest BCUT2D eigenvalue weighted by atomic mass is 14.6. The molecule has 58 valence electrons. The number of fused-ring (bicyclic) bond motifs is 1. The second-order valence-corrected chi connectivity index (χ2v) is 3.35. The zero-order valence-electron chi connectivity index (χ0n) is 6.80. The van der Waals surface area contributed by atoms with Crippen molar-refractivity contribution in [1.82, 2.24) is 0 Å².